The van der Waals surface area contributed by atoms with E-state index in [4.69, 9.17) is 6.85 Å². The molecule has 1 aromatic heterocycles. The molecule has 2 heteroatoms. The summed E-state index contributed by atoms with van der Waals surface area (Å²) in [5.41, 5.74) is 8.67. The van der Waals surface area contributed by atoms with Gasteiger partial charge in [0, 0.05) is 37.2 Å². The molecule has 0 bridgehead atoms. The summed E-state index contributed by atoms with van der Waals surface area (Å²) in [6, 6.07) is 42.1. The van der Waals surface area contributed by atoms with Crippen LogP contribution in [0.4, 0.5) is 17.1 Å². The quantitative estimate of drug-likeness (QED) is 0.174. The minimum atomic E-state index is -0.406. The molecular weight excluding hydrogens is 599 g/mol. The summed E-state index contributed by atoms with van der Waals surface area (Å²) in [5.74, 6) is 0. The Morgan fingerprint density at radius 2 is 1.10 bits per heavy atom. The molecule has 8 aromatic rings. The molecule has 0 atom stereocenters. The fourth-order valence-electron chi connectivity index (χ4n) is 6.25. The first-order chi connectivity index (χ1) is 26.3. The van der Waals surface area contributed by atoms with Crippen LogP contribution in [0.3, 0.4) is 0 Å². The standard InChI is InChI=1S/C46H37NS/c1-46(2,3)42-31-37(36-24-28-45-41(30-36)40-19-10-11-20-44(40)48-45)23-27-43(42)47(38-25-21-34(22-26-38)32-13-6-4-7-14-32)39-18-12-17-35(29-39)33-15-8-5-9-16-33/h4-31H,1-3H3/i10D,11D,19D,20D,24D,28D,30D. The van der Waals surface area contributed by atoms with E-state index in [2.05, 4.69) is 98.5 Å². The maximum absolute atomic E-state index is 9.47. The Labute approximate surface area is 297 Å². The van der Waals surface area contributed by atoms with Crippen molar-refractivity contribution in [1.29, 1.82) is 0 Å². The smallest absolute Gasteiger partial charge is 0.0638 e. The molecule has 0 amide bonds. The second-order valence-electron chi connectivity index (χ2n) is 12.9. The minimum Gasteiger partial charge on any atom is -0.310 e. The van der Waals surface area contributed by atoms with Crippen LogP contribution in [0.25, 0.3) is 53.6 Å². The first-order valence-electron chi connectivity index (χ1n) is 19.5. The topological polar surface area (TPSA) is 3.24 Å². The van der Waals surface area contributed by atoms with E-state index in [1.165, 1.54) is 0 Å². The number of benzene rings is 7. The molecule has 1 nitrogen and oxygen atoms in total. The van der Waals surface area contributed by atoms with E-state index in [1.807, 2.05) is 54.6 Å². The summed E-state index contributed by atoms with van der Waals surface area (Å²) in [7, 11) is 0. The maximum atomic E-state index is 9.47. The zero-order valence-corrected chi connectivity index (χ0v) is 27.8. The lowest BCUT2D eigenvalue weighted by Crippen LogP contribution is -2.19. The van der Waals surface area contributed by atoms with E-state index in [0.717, 1.165) is 56.2 Å². The van der Waals surface area contributed by atoms with Gasteiger partial charge in [-0.1, -0.05) is 136 Å². The molecule has 0 unspecified atom stereocenters. The third-order valence-corrected chi connectivity index (χ3v) is 9.68. The average molecular weight is 643 g/mol. The summed E-state index contributed by atoms with van der Waals surface area (Å²) in [5, 5.41) is 0.504. The highest BCUT2D eigenvalue weighted by Gasteiger charge is 2.25. The van der Waals surface area contributed by atoms with Gasteiger partial charge in [0.05, 0.1) is 9.60 Å². The minimum absolute atomic E-state index is 0.0243. The highest BCUT2D eigenvalue weighted by Crippen LogP contribution is 2.44. The number of hydrogen-bond donors (Lipinski definition) is 0. The third-order valence-electron chi connectivity index (χ3n) is 8.66. The van der Waals surface area contributed by atoms with Crippen molar-refractivity contribution in [3.8, 4) is 33.4 Å². The monoisotopic (exact) mass is 642 g/mol. The second-order valence-corrected chi connectivity index (χ2v) is 13.9. The summed E-state index contributed by atoms with van der Waals surface area (Å²) < 4.78 is 62.1. The highest BCUT2D eigenvalue weighted by atomic mass is 32.1. The Bertz CT molecular complexity index is 2750. The van der Waals surface area contributed by atoms with Gasteiger partial charge in [-0.3, -0.25) is 0 Å². The molecular formula is C46H37NS. The SMILES string of the molecule is [2H]c1c([2H])c([2H])c2c(sc3c([2H])c([2H])c(-c4ccc(N(c5ccc(-c6ccccc6)cc5)c5cccc(-c6ccccc6)c5)c(C(C)(C)C)c4)c([2H])c32)c1[2H]. The predicted molar refractivity (Wildman–Crippen MR) is 209 cm³/mol. The van der Waals surface area contributed by atoms with Crippen LogP contribution < -0.4 is 4.90 Å². The van der Waals surface area contributed by atoms with Gasteiger partial charge in [0.25, 0.3) is 0 Å². The second kappa shape index (κ2) is 12.3. The molecule has 0 N–H and O–H groups in total. The first-order valence-corrected chi connectivity index (χ1v) is 16.8. The first kappa shape index (κ1) is 23.0. The third kappa shape index (κ3) is 5.70. The van der Waals surface area contributed by atoms with Crippen molar-refractivity contribution < 1.29 is 9.60 Å². The van der Waals surface area contributed by atoms with Gasteiger partial charge in [0.15, 0.2) is 0 Å². The largest absolute Gasteiger partial charge is 0.310 e. The van der Waals surface area contributed by atoms with Crippen LogP contribution >= 0.6 is 11.3 Å². The van der Waals surface area contributed by atoms with E-state index in [1.54, 1.807) is 0 Å². The predicted octanol–water partition coefficient (Wildman–Crippen LogP) is 13.8. The number of thiophene rings is 1. The van der Waals surface area contributed by atoms with Crippen molar-refractivity contribution in [2.75, 3.05) is 4.90 Å². The molecule has 0 saturated heterocycles. The number of anilines is 3. The van der Waals surface area contributed by atoms with Crippen molar-refractivity contribution >= 4 is 48.6 Å². The molecule has 1 heterocycles. The molecule has 0 aliphatic carbocycles. The molecule has 0 aliphatic rings. The summed E-state index contributed by atoms with van der Waals surface area (Å²) >= 11 is 1.05. The van der Waals surface area contributed by atoms with Crippen LogP contribution in [0.1, 0.15) is 35.9 Å². The molecule has 0 saturated carbocycles. The summed E-state index contributed by atoms with van der Waals surface area (Å²) in [6.07, 6.45) is 0. The van der Waals surface area contributed by atoms with E-state index in [9.17, 15) is 2.74 Å². The number of rotatable bonds is 6. The maximum Gasteiger partial charge on any atom is 0.0638 e. The lowest BCUT2D eigenvalue weighted by molar-refractivity contribution is 0.591. The van der Waals surface area contributed by atoms with Gasteiger partial charge >= 0.3 is 0 Å². The molecule has 0 fully saturated rings. The Morgan fingerprint density at radius 1 is 0.500 bits per heavy atom. The van der Waals surface area contributed by atoms with Gasteiger partial charge < -0.3 is 4.90 Å². The average Bonchev–Trinajstić information content (AvgIpc) is 3.61. The molecule has 232 valence electrons. The molecule has 0 spiro atoms. The van der Waals surface area contributed by atoms with Gasteiger partial charge in [0.1, 0.15) is 0 Å². The normalized spacial score (nSPS) is 13.7. The molecule has 48 heavy (non-hydrogen) atoms. The van der Waals surface area contributed by atoms with Crippen LogP contribution in [0.15, 0.2) is 170 Å². The van der Waals surface area contributed by atoms with Crippen molar-refractivity contribution in [2.24, 2.45) is 0 Å². The Morgan fingerprint density at radius 3 is 1.83 bits per heavy atom. The van der Waals surface area contributed by atoms with Crippen LogP contribution in [0.5, 0.6) is 0 Å². The molecule has 0 aliphatic heterocycles. The van der Waals surface area contributed by atoms with Gasteiger partial charge in [-0.25, -0.2) is 0 Å². The lowest BCUT2D eigenvalue weighted by Gasteiger charge is -2.33. The Kier molecular flexibility index (Phi) is 5.89. The van der Waals surface area contributed by atoms with E-state index in [0.29, 0.717) is 10.3 Å². The summed E-state index contributed by atoms with van der Waals surface area (Å²) in [6.45, 7) is 6.41. The number of hydrogen-bond acceptors (Lipinski definition) is 2. The van der Waals surface area contributed by atoms with E-state index >= 15 is 0 Å². The highest BCUT2D eigenvalue weighted by molar-refractivity contribution is 7.25. The van der Waals surface area contributed by atoms with Crippen molar-refractivity contribution in [3.63, 3.8) is 0 Å². The molecule has 8 rings (SSSR count). The zero-order chi connectivity index (χ0) is 38.8. The fourth-order valence-corrected chi connectivity index (χ4v) is 7.17. The van der Waals surface area contributed by atoms with Crippen LogP contribution in [-0.2, 0) is 5.41 Å². The fraction of sp³-hybridized carbons (Fsp3) is 0.0870. The summed E-state index contributed by atoms with van der Waals surface area (Å²) in [4.78, 5) is 2.25. The Hall–Kier alpha value is -5.44. The van der Waals surface area contributed by atoms with Gasteiger partial charge in [-0.15, -0.1) is 11.3 Å². The van der Waals surface area contributed by atoms with E-state index in [-0.39, 0.29) is 63.3 Å². The van der Waals surface area contributed by atoms with Crippen LogP contribution in [0, 0.1) is 0 Å². The molecule has 7 aromatic carbocycles. The van der Waals surface area contributed by atoms with Crippen molar-refractivity contribution in [2.45, 2.75) is 26.2 Å². The van der Waals surface area contributed by atoms with Gasteiger partial charge in [-0.2, -0.15) is 0 Å². The lowest BCUT2D eigenvalue weighted by atomic mass is 9.83. The molecule has 0 radical (unpaired) electrons. The zero-order valence-electron chi connectivity index (χ0n) is 34.0. The van der Waals surface area contributed by atoms with Crippen molar-refractivity contribution in [1.82, 2.24) is 0 Å². The number of nitrogens with zero attached hydrogens (tertiary/aromatic N) is 1. The van der Waals surface area contributed by atoms with E-state index < -0.39 is 5.41 Å². The van der Waals surface area contributed by atoms with Gasteiger partial charge in [-0.05, 0) is 98.9 Å². The van der Waals surface area contributed by atoms with Crippen molar-refractivity contribution in [3.05, 3.63) is 175 Å². The van der Waals surface area contributed by atoms with Crippen LogP contribution in [-0.4, -0.2) is 0 Å². The number of fused-ring (bicyclic) bond motifs is 3. The van der Waals surface area contributed by atoms with Crippen LogP contribution in [0.2, 0.25) is 0 Å². The Balaban J connectivity index is 1.35. The van der Waals surface area contributed by atoms with Gasteiger partial charge in [0.2, 0.25) is 0 Å².